The predicted octanol–water partition coefficient (Wildman–Crippen LogP) is 1.26. The molecule has 0 saturated carbocycles. The second kappa shape index (κ2) is 8.87. The first-order valence-corrected chi connectivity index (χ1v) is 7.24. The molecule has 2 N–H and O–H groups in total. The van der Waals surface area contributed by atoms with Crippen LogP contribution in [0, 0.1) is 11.7 Å². The third kappa shape index (κ3) is 6.46. The number of esters is 1. The maximum atomic E-state index is 12.8. The minimum Gasteiger partial charge on any atom is -0.467 e. The van der Waals surface area contributed by atoms with Crippen LogP contribution < -0.4 is 10.6 Å². The van der Waals surface area contributed by atoms with Gasteiger partial charge in [0.2, 0.25) is 5.91 Å². The average molecular weight is 324 g/mol. The number of ether oxygens (including phenoxy) is 1. The monoisotopic (exact) mass is 324 g/mol. The molecule has 1 rings (SSSR count). The number of hydrogen-bond donors (Lipinski definition) is 2. The molecule has 7 heteroatoms. The number of benzene rings is 1. The van der Waals surface area contributed by atoms with Crippen molar-refractivity contribution in [3.63, 3.8) is 0 Å². The smallest absolute Gasteiger partial charge is 0.328 e. The molecular weight excluding hydrogens is 303 g/mol. The highest BCUT2D eigenvalue weighted by atomic mass is 19.1. The van der Waals surface area contributed by atoms with Crippen LogP contribution in [0.2, 0.25) is 0 Å². The SMILES string of the molecule is COC(=O)[C@@H](CC(C)C)NC(=O)CNC(=O)c1ccc(F)cc1. The highest BCUT2D eigenvalue weighted by Gasteiger charge is 2.22. The molecule has 0 aliphatic heterocycles. The van der Waals surface area contributed by atoms with Gasteiger partial charge >= 0.3 is 5.97 Å². The van der Waals surface area contributed by atoms with Crippen LogP contribution in [-0.4, -0.2) is 37.5 Å². The van der Waals surface area contributed by atoms with Crippen LogP contribution >= 0.6 is 0 Å². The van der Waals surface area contributed by atoms with Crippen molar-refractivity contribution in [3.05, 3.63) is 35.6 Å². The highest BCUT2D eigenvalue weighted by molar-refractivity contribution is 5.96. The molecule has 1 aromatic rings. The van der Waals surface area contributed by atoms with Gasteiger partial charge in [-0.1, -0.05) is 13.8 Å². The van der Waals surface area contributed by atoms with Crippen molar-refractivity contribution in [1.29, 1.82) is 0 Å². The van der Waals surface area contributed by atoms with E-state index in [1.54, 1.807) is 0 Å². The molecule has 126 valence electrons. The zero-order valence-electron chi connectivity index (χ0n) is 13.4. The quantitative estimate of drug-likeness (QED) is 0.740. The number of amides is 2. The topological polar surface area (TPSA) is 84.5 Å². The minimum absolute atomic E-state index is 0.188. The van der Waals surface area contributed by atoms with Crippen LogP contribution in [0.25, 0.3) is 0 Å². The Bertz CT molecular complexity index is 558. The van der Waals surface area contributed by atoms with Gasteiger partial charge < -0.3 is 15.4 Å². The average Bonchev–Trinajstić information content (AvgIpc) is 2.51. The number of hydrogen-bond acceptors (Lipinski definition) is 4. The van der Waals surface area contributed by atoms with Crippen molar-refractivity contribution in [2.24, 2.45) is 5.92 Å². The molecule has 6 nitrogen and oxygen atoms in total. The Hall–Kier alpha value is -2.44. The first kappa shape index (κ1) is 18.6. The lowest BCUT2D eigenvalue weighted by molar-refractivity contribution is -0.145. The zero-order valence-corrected chi connectivity index (χ0v) is 13.4. The van der Waals surface area contributed by atoms with E-state index < -0.39 is 29.6 Å². The minimum atomic E-state index is -0.754. The van der Waals surface area contributed by atoms with E-state index in [0.29, 0.717) is 6.42 Å². The van der Waals surface area contributed by atoms with E-state index in [4.69, 9.17) is 0 Å². The summed E-state index contributed by atoms with van der Waals surface area (Å²) >= 11 is 0. The maximum absolute atomic E-state index is 12.8. The van der Waals surface area contributed by atoms with Gasteiger partial charge in [-0.15, -0.1) is 0 Å². The summed E-state index contributed by atoms with van der Waals surface area (Å²) in [6.07, 6.45) is 0.435. The summed E-state index contributed by atoms with van der Waals surface area (Å²) in [4.78, 5) is 35.3. The van der Waals surface area contributed by atoms with Crippen LogP contribution in [0.1, 0.15) is 30.6 Å². The van der Waals surface area contributed by atoms with E-state index in [-0.39, 0.29) is 18.0 Å². The standard InChI is InChI=1S/C16H21FN2O4/c1-10(2)8-13(16(22)23-3)19-14(20)9-18-15(21)11-4-6-12(17)7-5-11/h4-7,10,13H,8-9H2,1-3H3,(H,18,21)(H,19,20)/t13-/m1/s1. The summed E-state index contributed by atoms with van der Waals surface area (Å²) in [5.41, 5.74) is 0.242. The lowest BCUT2D eigenvalue weighted by Crippen LogP contribution is -2.46. The summed E-state index contributed by atoms with van der Waals surface area (Å²) in [6.45, 7) is 3.54. The van der Waals surface area contributed by atoms with Crippen LogP contribution in [0.3, 0.4) is 0 Å². The number of halogens is 1. The molecule has 0 aliphatic rings. The Morgan fingerprint density at radius 2 is 1.78 bits per heavy atom. The number of carbonyl (C=O) groups excluding carboxylic acids is 3. The van der Waals surface area contributed by atoms with Crippen molar-refractivity contribution in [2.75, 3.05) is 13.7 Å². The van der Waals surface area contributed by atoms with Crippen molar-refractivity contribution < 1.29 is 23.5 Å². The second-order valence-corrected chi connectivity index (χ2v) is 5.46. The fourth-order valence-electron chi connectivity index (χ4n) is 1.94. The van der Waals surface area contributed by atoms with Gasteiger partial charge in [0.15, 0.2) is 0 Å². The van der Waals surface area contributed by atoms with E-state index in [1.165, 1.54) is 19.2 Å². The number of rotatable bonds is 7. The van der Waals surface area contributed by atoms with Crippen molar-refractivity contribution in [3.8, 4) is 0 Å². The van der Waals surface area contributed by atoms with Crippen molar-refractivity contribution in [1.82, 2.24) is 10.6 Å². The summed E-state index contributed by atoms with van der Waals surface area (Å²) in [6, 6.07) is 4.20. The van der Waals surface area contributed by atoms with E-state index in [0.717, 1.165) is 12.1 Å². The molecule has 0 heterocycles. The predicted molar refractivity (Wildman–Crippen MR) is 82.1 cm³/mol. The Kier molecular flexibility index (Phi) is 7.18. The van der Waals surface area contributed by atoms with Crippen LogP contribution in [-0.2, 0) is 14.3 Å². The molecule has 23 heavy (non-hydrogen) atoms. The highest BCUT2D eigenvalue weighted by Crippen LogP contribution is 2.06. The summed E-state index contributed by atoms with van der Waals surface area (Å²) in [5, 5.41) is 4.94. The van der Waals surface area contributed by atoms with Gasteiger partial charge in [0.05, 0.1) is 13.7 Å². The molecule has 0 radical (unpaired) electrons. The summed E-state index contributed by atoms with van der Waals surface area (Å²) in [5.74, 6) is -1.80. The summed E-state index contributed by atoms with van der Waals surface area (Å²) in [7, 11) is 1.25. The van der Waals surface area contributed by atoms with Crippen molar-refractivity contribution in [2.45, 2.75) is 26.3 Å². The molecule has 0 unspecified atom stereocenters. The van der Waals surface area contributed by atoms with Crippen molar-refractivity contribution >= 4 is 17.8 Å². The summed E-state index contributed by atoms with van der Waals surface area (Å²) < 4.78 is 17.4. The Morgan fingerprint density at radius 3 is 2.30 bits per heavy atom. The molecule has 0 aromatic heterocycles. The van der Waals surface area contributed by atoms with Gasteiger partial charge in [0, 0.05) is 5.56 Å². The molecule has 0 saturated heterocycles. The second-order valence-electron chi connectivity index (χ2n) is 5.46. The first-order chi connectivity index (χ1) is 10.8. The normalized spacial score (nSPS) is 11.7. The van der Waals surface area contributed by atoms with Gasteiger partial charge in [-0.3, -0.25) is 9.59 Å². The molecule has 1 aromatic carbocycles. The number of nitrogens with one attached hydrogen (secondary N) is 2. The number of carbonyl (C=O) groups is 3. The molecule has 0 spiro atoms. The van der Waals surface area contributed by atoms with Crippen LogP contribution in [0.5, 0.6) is 0 Å². The van der Waals surface area contributed by atoms with E-state index in [9.17, 15) is 18.8 Å². The Morgan fingerprint density at radius 1 is 1.17 bits per heavy atom. The van der Waals surface area contributed by atoms with Gasteiger partial charge in [0.1, 0.15) is 11.9 Å². The van der Waals surface area contributed by atoms with Gasteiger partial charge in [0.25, 0.3) is 5.91 Å². The van der Waals surface area contributed by atoms with Gasteiger partial charge in [-0.05, 0) is 36.6 Å². The van der Waals surface area contributed by atoms with Gasteiger partial charge in [-0.25, -0.2) is 9.18 Å². The van der Waals surface area contributed by atoms with E-state index >= 15 is 0 Å². The fourth-order valence-corrected chi connectivity index (χ4v) is 1.94. The lowest BCUT2D eigenvalue weighted by atomic mass is 10.0. The Balaban J connectivity index is 2.52. The third-order valence-electron chi connectivity index (χ3n) is 3.04. The molecule has 2 amide bonds. The Labute approximate surface area is 134 Å². The largest absolute Gasteiger partial charge is 0.467 e. The maximum Gasteiger partial charge on any atom is 0.328 e. The lowest BCUT2D eigenvalue weighted by Gasteiger charge is -2.18. The van der Waals surface area contributed by atoms with Gasteiger partial charge in [-0.2, -0.15) is 0 Å². The molecule has 1 atom stereocenters. The number of methoxy groups -OCH3 is 1. The molecule has 0 fully saturated rings. The third-order valence-corrected chi connectivity index (χ3v) is 3.04. The fraction of sp³-hybridized carbons (Fsp3) is 0.438. The van der Waals surface area contributed by atoms with E-state index in [1.807, 2.05) is 13.8 Å². The molecule has 0 bridgehead atoms. The molecule has 0 aliphatic carbocycles. The molecular formula is C16H21FN2O4. The van der Waals surface area contributed by atoms with Crippen LogP contribution in [0.4, 0.5) is 4.39 Å². The zero-order chi connectivity index (χ0) is 17.4. The van der Waals surface area contributed by atoms with E-state index in [2.05, 4.69) is 15.4 Å². The van der Waals surface area contributed by atoms with Crippen LogP contribution in [0.15, 0.2) is 24.3 Å². The first-order valence-electron chi connectivity index (χ1n) is 7.24.